The minimum absolute atomic E-state index is 0.174. The fourth-order valence-corrected chi connectivity index (χ4v) is 2.22. The molecule has 1 rings (SSSR count). The predicted octanol–water partition coefficient (Wildman–Crippen LogP) is 2.82. The first kappa shape index (κ1) is 13.3. The van der Waals surface area contributed by atoms with Crippen molar-refractivity contribution in [3.63, 3.8) is 0 Å². The van der Waals surface area contributed by atoms with Gasteiger partial charge in [-0.3, -0.25) is 0 Å². The number of rotatable bonds is 1. The third-order valence-corrected chi connectivity index (χ3v) is 3.09. The average molecular weight is 226 g/mol. The smallest absolute Gasteiger partial charge is 0.319 e. The molecule has 1 fully saturated rings. The molecule has 0 aromatic rings. The molecule has 16 heavy (non-hydrogen) atoms. The zero-order chi connectivity index (χ0) is 12.3. The highest BCUT2D eigenvalue weighted by Gasteiger charge is 2.25. The minimum atomic E-state index is 0.174. The molecule has 0 N–H and O–H groups in total. The zero-order valence-electron chi connectivity index (χ0n) is 11.4. The number of urea groups is 1. The molecule has 0 saturated carbocycles. The Labute approximate surface area is 99.8 Å². The molecule has 3 heteroatoms. The summed E-state index contributed by atoms with van der Waals surface area (Å²) in [5, 5.41) is 0. The first-order valence-corrected chi connectivity index (χ1v) is 6.29. The number of carbonyl (C=O) groups excluding carboxylic acids is 1. The number of likely N-dealkylation sites (tertiary alicyclic amines) is 1. The molecule has 0 bridgehead atoms. The molecule has 1 heterocycles. The number of nitrogens with zero attached hydrogens (tertiary/aromatic N) is 2. The highest BCUT2D eigenvalue weighted by atomic mass is 16.2. The Morgan fingerprint density at radius 2 is 1.81 bits per heavy atom. The van der Waals surface area contributed by atoms with Gasteiger partial charge in [-0.25, -0.2) is 4.79 Å². The van der Waals surface area contributed by atoms with Gasteiger partial charge < -0.3 is 9.80 Å². The second-order valence-electron chi connectivity index (χ2n) is 6.37. The Bertz CT molecular complexity index is 237. The lowest BCUT2D eigenvalue weighted by molar-refractivity contribution is 0.130. The van der Waals surface area contributed by atoms with Gasteiger partial charge in [0.2, 0.25) is 0 Å². The lowest BCUT2D eigenvalue weighted by Crippen LogP contribution is -2.47. The summed E-state index contributed by atoms with van der Waals surface area (Å²) >= 11 is 0. The summed E-state index contributed by atoms with van der Waals surface area (Å²) in [6, 6.07) is 0.196. The van der Waals surface area contributed by atoms with E-state index in [0.29, 0.717) is 0 Å². The number of carbonyl (C=O) groups is 1. The van der Waals surface area contributed by atoms with Crippen LogP contribution in [0, 0.1) is 11.3 Å². The predicted molar refractivity (Wildman–Crippen MR) is 67.5 cm³/mol. The van der Waals surface area contributed by atoms with Gasteiger partial charge in [0, 0.05) is 26.7 Å². The van der Waals surface area contributed by atoms with Gasteiger partial charge in [-0.15, -0.1) is 0 Å². The van der Waals surface area contributed by atoms with Crippen LogP contribution < -0.4 is 0 Å². The molecule has 0 aromatic heterocycles. The van der Waals surface area contributed by atoms with Crippen LogP contribution in [0.3, 0.4) is 0 Å². The molecule has 1 aliphatic heterocycles. The van der Waals surface area contributed by atoms with Gasteiger partial charge >= 0.3 is 6.03 Å². The fourth-order valence-electron chi connectivity index (χ4n) is 2.22. The van der Waals surface area contributed by atoms with Crippen LogP contribution in [0.1, 0.15) is 40.5 Å². The Hall–Kier alpha value is -0.730. The molecule has 2 amide bonds. The Morgan fingerprint density at radius 3 is 2.25 bits per heavy atom. The van der Waals surface area contributed by atoms with Gasteiger partial charge in [0.15, 0.2) is 0 Å². The van der Waals surface area contributed by atoms with E-state index in [1.54, 1.807) is 0 Å². The number of hydrogen-bond acceptors (Lipinski definition) is 1. The number of hydrogen-bond donors (Lipinski definition) is 0. The normalized spacial score (nSPS) is 18.7. The van der Waals surface area contributed by atoms with Crippen LogP contribution in [0.4, 0.5) is 4.79 Å². The van der Waals surface area contributed by atoms with Gasteiger partial charge in [0.1, 0.15) is 0 Å². The molecule has 0 unspecified atom stereocenters. The van der Waals surface area contributed by atoms with Gasteiger partial charge in [-0.05, 0) is 24.2 Å². The van der Waals surface area contributed by atoms with Crippen molar-refractivity contribution < 1.29 is 4.79 Å². The van der Waals surface area contributed by atoms with E-state index in [2.05, 4.69) is 27.7 Å². The maximum Gasteiger partial charge on any atom is 0.319 e. The van der Waals surface area contributed by atoms with E-state index in [0.717, 1.165) is 38.4 Å². The summed E-state index contributed by atoms with van der Waals surface area (Å²) in [5.74, 6) is 0.775. The van der Waals surface area contributed by atoms with Gasteiger partial charge in [0.05, 0.1) is 0 Å². The number of piperidine rings is 1. The maximum absolute atomic E-state index is 12.1. The molecule has 0 aliphatic carbocycles. The van der Waals surface area contributed by atoms with Crippen LogP contribution in [0.25, 0.3) is 0 Å². The maximum atomic E-state index is 12.1. The molecule has 3 nitrogen and oxygen atoms in total. The Balaban J connectivity index is 2.45. The van der Waals surface area contributed by atoms with Crippen LogP contribution in [-0.2, 0) is 0 Å². The molecular formula is C13H26N2O. The number of amides is 2. The van der Waals surface area contributed by atoms with Crippen LogP contribution in [0.15, 0.2) is 0 Å². The topological polar surface area (TPSA) is 23.6 Å². The van der Waals surface area contributed by atoms with Gasteiger partial charge in [-0.2, -0.15) is 0 Å². The third kappa shape index (κ3) is 4.03. The summed E-state index contributed by atoms with van der Waals surface area (Å²) < 4.78 is 0. The lowest BCUT2D eigenvalue weighted by Gasteiger charge is -2.35. The van der Waals surface area contributed by atoms with Crippen molar-refractivity contribution in [3.05, 3.63) is 0 Å². The van der Waals surface area contributed by atoms with Crippen molar-refractivity contribution in [1.29, 1.82) is 0 Å². The zero-order valence-corrected chi connectivity index (χ0v) is 11.4. The highest BCUT2D eigenvalue weighted by molar-refractivity contribution is 5.74. The Morgan fingerprint density at radius 1 is 1.31 bits per heavy atom. The Kier molecular flexibility index (Phi) is 4.22. The first-order valence-electron chi connectivity index (χ1n) is 6.29. The second-order valence-corrected chi connectivity index (χ2v) is 6.37. The van der Waals surface area contributed by atoms with Crippen molar-refractivity contribution >= 4 is 6.03 Å². The molecule has 1 saturated heterocycles. The van der Waals surface area contributed by atoms with Gasteiger partial charge in [0.25, 0.3) is 0 Å². The van der Waals surface area contributed by atoms with E-state index in [1.165, 1.54) is 0 Å². The molecule has 0 atom stereocenters. The quantitative estimate of drug-likeness (QED) is 0.674. The van der Waals surface area contributed by atoms with E-state index in [9.17, 15) is 4.79 Å². The standard InChI is InChI=1S/C13H26N2O/c1-11-6-8-15(9-7-11)12(16)14(5)10-13(2,3)4/h11H,6-10H2,1-5H3. The summed E-state index contributed by atoms with van der Waals surface area (Å²) in [5.41, 5.74) is 0.174. The third-order valence-electron chi connectivity index (χ3n) is 3.09. The molecule has 0 aromatic carbocycles. The van der Waals surface area contributed by atoms with E-state index in [4.69, 9.17) is 0 Å². The molecular weight excluding hydrogens is 200 g/mol. The highest BCUT2D eigenvalue weighted by Crippen LogP contribution is 2.19. The van der Waals surface area contributed by atoms with Crippen LogP contribution in [0.2, 0.25) is 0 Å². The van der Waals surface area contributed by atoms with Crippen molar-refractivity contribution in [2.45, 2.75) is 40.5 Å². The molecule has 1 aliphatic rings. The summed E-state index contributed by atoms with van der Waals surface area (Å²) in [6.45, 7) is 11.4. The fraction of sp³-hybridized carbons (Fsp3) is 0.923. The lowest BCUT2D eigenvalue weighted by atomic mass is 9.96. The second kappa shape index (κ2) is 5.07. The van der Waals surface area contributed by atoms with Crippen molar-refractivity contribution in [3.8, 4) is 0 Å². The van der Waals surface area contributed by atoms with Crippen molar-refractivity contribution in [2.75, 3.05) is 26.7 Å². The van der Waals surface area contributed by atoms with Crippen molar-refractivity contribution in [1.82, 2.24) is 9.80 Å². The van der Waals surface area contributed by atoms with Crippen LogP contribution in [-0.4, -0.2) is 42.5 Å². The van der Waals surface area contributed by atoms with E-state index in [1.807, 2.05) is 16.8 Å². The van der Waals surface area contributed by atoms with Crippen LogP contribution >= 0.6 is 0 Å². The largest absolute Gasteiger partial charge is 0.327 e. The average Bonchev–Trinajstić information content (AvgIpc) is 2.15. The minimum Gasteiger partial charge on any atom is -0.327 e. The van der Waals surface area contributed by atoms with E-state index < -0.39 is 0 Å². The van der Waals surface area contributed by atoms with Gasteiger partial charge in [-0.1, -0.05) is 27.7 Å². The van der Waals surface area contributed by atoms with E-state index >= 15 is 0 Å². The summed E-state index contributed by atoms with van der Waals surface area (Å²) in [7, 11) is 1.91. The van der Waals surface area contributed by atoms with Crippen molar-refractivity contribution in [2.24, 2.45) is 11.3 Å². The van der Waals surface area contributed by atoms with E-state index in [-0.39, 0.29) is 11.4 Å². The SMILES string of the molecule is CC1CCN(C(=O)N(C)CC(C)(C)C)CC1. The summed E-state index contributed by atoms with van der Waals surface area (Å²) in [6.07, 6.45) is 2.30. The van der Waals surface area contributed by atoms with Crippen LogP contribution in [0.5, 0.6) is 0 Å². The monoisotopic (exact) mass is 226 g/mol. The summed E-state index contributed by atoms with van der Waals surface area (Å²) in [4.78, 5) is 16.0. The molecule has 0 spiro atoms. The molecule has 94 valence electrons. The molecule has 0 radical (unpaired) electrons. The first-order chi connectivity index (χ1) is 7.29.